The van der Waals surface area contributed by atoms with Gasteiger partial charge in [0.15, 0.2) is 11.5 Å². The van der Waals surface area contributed by atoms with Crippen LogP contribution in [0.4, 0.5) is 0 Å². The number of methoxy groups -OCH3 is 1. The smallest absolute Gasteiger partial charge is 0.269 e. The molecular formula is C20H24N2O4S. The molecule has 0 aliphatic heterocycles. The Kier molecular flexibility index (Phi) is 8.51. The molecule has 0 saturated carbocycles. The zero-order valence-electron chi connectivity index (χ0n) is 15.5. The molecule has 144 valence electrons. The minimum atomic E-state index is -0.418. The molecule has 0 aromatic heterocycles. The highest BCUT2D eigenvalue weighted by atomic mass is 32.2. The standard InChI is InChI=1S/C20H24N2O4S/c1-3-26-17-10-9-16(13-18(17)25-2)20(24)22-21-19(23)14-27-12-11-15-7-5-4-6-8-15/h4-10,13H,3,11-12,14H2,1-2H3,(H,21,23)(H,22,24). The van der Waals surface area contributed by atoms with Gasteiger partial charge >= 0.3 is 0 Å². The highest BCUT2D eigenvalue weighted by Gasteiger charge is 2.12. The molecule has 2 N–H and O–H groups in total. The van der Waals surface area contributed by atoms with E-state index in [1.54, 1.807) is 18.2 Å². The molecule has 6 nitrogen and oxygen atoms in total. The number of carbonyl (C=O) groups is 2. The van der Waals surface area contributed by atoms with Crippen LogP contribution in [0.25, 0.3) is 0 Å². The van der Waals surface area contributed by atoms with Crippen LogP contribution in [0.3, 0.4) is 0 Å². The predicted octanol–water partition coefficient (Wildman–Crippen LogP) is 2.83. The van der Waals surface area contributed by atoms with E-state index in [2.05, 4.69) is 23.0 Å². The van der Waals surface area contributed by atoms with Gasteiger partial charge in [0.2, 0.25) is 5.91 Å². The molecule has 0 aliphatic rings. The first kappa shape index (κ1) is 20.6. The summed E-state index contributed by atoms with van der Waals surface area (Å²) in [6, 6.07) is 14.9. The van der Waals surface area contributed by atoms with Gasteiger partial charge in [-0.1, -0.05) is 30.3 Å². The maximum atomic E-state index is 12.2. The van der Waals surface area contributed by atoms with Crippen molar-refractivity contribution in [2.75, 3.05) is 25.2 Å². The quantitative estimate of drug-likeness (QED) is 0.510. The number of benzene rings is 2. The second-order valence-electron chi connectivity index (χ2n) is 5.59. The minimum absolute atomic E-state index is 0.251. The lowest BCUT2D eigenvalue weighted by Gasteiger charge is -2.11. The third-order valence-electron chi connectivity index (χ3n) is 3.65. The number of aryl methyl sites for hydroxylation is 1. The monoisotopic (exact) mass is 388 g/mol. The minimum Gasteiger partial charge on any atom is -0.493 e. The Bertz CT molecular complexity index is 753. The summed E-state index contributed by atoms with van der Waals surface area (Å²) in [5.74, 6) is 1.47. The van der Waals surface area contributed by atoms with Crippen molar-refractivity contribution in [3.05, 3.63) is 59.7 Å². The van der Waals surface area contributed by atoms with Crippen molar-refractivity contribution in [1.29, 1.82) is 0 Å². The summed E-state index contributed by atoms with van der Waals surface area (Å²) in [7, 11) is 1.51. The fraction of sp³-hybridized carbons (Fsp3) is 0.300. The van der Waals surface area contributed by atoms with Crippen molar-refractivity contribution in [2.45, 2.75) is 13.3 Å². The molecule has 2 aromatic carbocycles. The van der Waals surface area contributed by atoms with E-state index in [9.17, 15) is 9.59 Å². The summed E-state index contributed by atoms with van der Waals surface area (Å²) < 4.78 is 10.6. The largest absolute Gasteiger partial charge is 0.493 e. The van der Waals surface area contributed by atoms with Gasteiger partial charge < -0.3 is 9.47 Å². The maximum Gasteiger partial charge on any atom is 0.269 e. The average Bonchev–Trinajstić information content (AvgIpc) is 2.70. The SMILES string of the molecule is CCOc1ccc(C(=O)NNC(=O)CSCCc2ccccc2)cc1OC. The average molecular weight is 388 g/mol. The zero-order valence-corrected chi connectivity index (χ0v) is 16.3. The van der Waals surface area contributed by atoms with Gasteiger partial charge in [-0.3, -0.25) is 20.4 Å². The van der Waals surface area contributed by atoms with Crippen LogP contribution in [0.2, 0.25) is 0 Å². The van der Waals surface area contributed by atoms with Crippen LogP contribution in [0.5, 0.6) is 11.5 Å². The fourth-order valence-electron chi connectivity index (χ4n) is 2.32. The number of ether oxygens (including phenoxy) is 2. The molecule has 2 rings (SSSR count). The van der Waals surface area contributed by atoms with Crippen molar-refractivity contribution in [3.63, 3.8) is 0 Å². The summed E-state index contributed by atoms with van der Waals surface area (Å²) in [6.07, 6.45) is 0.900. The Morgan fingerprint density at radius 3 is 2.52 bits per heavy atom. The summed E-state index contributed by atoms with van der Waals surface area (Å²) in [5.41, 5.74) is 6.44. The number of carbonyl (C=O) groups excluding carboxylic acids is 2. The van der Waals surface area contributed by atoms with Gasteiger partial charge in [-0.05, 0) is 42.9 Å². The molecule has 2 aromatic rings. The number of hydrazine groups is 1. The molecule has 0 aliphatic carbocycles. The van der Waals surface area contributed by atoms with Crippen molar-refractivity contribution in [2.24, 2.45) is 0 Å². The molecule has 0 radical (unpaired) electrons. The number of nitrogens with one attached hydrogen (secondary N) is 2. The molecule has 0 bridgehead atoms. The Labute approximate surface area is 163 Å². The molecule has 0 saturated heterocycles. The van der Waals surface area contributed by atoms with Gasteiger partial charge in [-0.2, -0.15) is 11.8 Å². The van der Waals surface area contributed by atoms with Crippen LogP contribution in [0, 0.1) is 0 Å². The molecule has 0 atom stereocenters. The van der Waals surface area contributed by atoms with Crippen LogP contribution in [-0.4, -0.2) is 37.0 Å². The van der Waals surface area contributed by atoms with Gasteiger partial charge in [0.1, 0.15) is 0 Å². The van der Waals surface area contributed by atoms with Crippen molar-refractivity contribution < 1.29 is 19.1 Å². The molecule has 0 spiro atoms. The topological polar surface area (TPSA) is 76.7 Å². The lowest BCUT2D eigenvalue weighted by atomic mass is 10.2. The van der Waals surface area contributed by atoms with Gasteiger partial charge in [0.05, 0.1) is 19.5 Å². The summed E-state index contributed by atoms with van der Waals surface area (Å²) >= 11 is 1.52. The molecule has 0 unspecified atom stereocenters. The normalized spacial score (nSPS) is 10.1. The first-order chi connectivity index (χ1) is 13.1. The number of rotatable bonds is 9. The van der Waals surface area contributed by atoms with Gasteiger partial charge in [0.25, 0.3) is 5.91 Å². The lowest BCUT2D eigenvalue weighted by Crippen LogP contribution is -2.42. The first-order valence-corrected chi connectivity index (χ1v) is 9.81. The Balaban J connectivity index is 1.73. The highest BCUT2D eigenvalue weighted by Crippen LogP contribution is 2.27. The van der Waals surface area contributed by atoms with E-state index < -0.39 is 5.91 Å². The second-order valence-corrected chi connectivity index (χ2v) is 6.69. The summed E-state index contributed by atoms with van der Waals surface area (Å²) in [5, 5.41) is 0. The van der Waals surface area contributed by atoms with Crippen molar-refractivity contribution >= 4 is 23.6 Å². The second kappa shape index (κ2) is 11.1. The number of hydrogen-bond donors (Lipinski definition) is 2. The van der Waals surface area contributed by atoms with E-state index in [0.29, 0.717) is 23.7 Å². The lowest BCUT2D eigenvalue weighted by molar-refractivity contribution is -0.119. The summed E-state index contributed by atoms with van der Waals surface area (Å²) in [6.45, 7) is 2.37. The maximum absolute atomic E-state index is 12.2. The molecule has 2 amide bonds. The highest BCUT2D eigenvalue weighted by molar-refractivity contribution is 7.99. The van der Waals surface area contributed by atoms with Crippen LogP contribution < -0.4 is 20.3 Å². The van der Waals surface area contributed by atoms with E-state index in [1.165, 1.54) is 24.4 Å². The van der Waals surface area contributed by atoms with E-state index >= 15 is 0 Å². The predicted molar refractivity (Wildman–Crippen MR) is 107 cm³/mol. The van der Waals surface area contributed by atoms with Crippen LogP contribution in [-0.2, 0) is 11.2 Å². The van der Waals surface area contributed by atoms with Gasteiger partial charge in [0, 0.05) is 5.56 Å². The van der Waals surface area contributed by atoms with Crippen molar-refractivity contribution in [1.82, 2.24) is 10.9 Å². The number of hydrogen-bond acceptors (Lipinski definition) is 5. The van der Waals surface area contributed by atoms with Crippen LogP contribution in [0.15, 0.2) is 48.5 Å². The van der Waals surface area contributed by atoms with Gasteiger partial charge in [-0.15, -0.1) is 0 Å². The molecule has 0 heterocycles. The first-order valence-electron chi connectivity index (χ1n) is 8.65. The third-order valence-corrected chi connectivity index (χ3v) is 4.61. The number of thioether (sulfide) groups is 1. The Hall–Kier alpha value is -2.67. The molecule has 0 fully saturated rings. The molecular weight excluding hydrogens is 364 g/mol. The third kappa shape index (κ3) is 6.86. The van der Waals surface area contributed by atoms with Crippen LogP contribution >= 0.6 is 11.8 Å². The zero-order chi connectivity index (χ0) is 19.5. The number of amides is 2. The van der Waals surface area contributed by atoms with Crippen molar-refractivity contribution in [3.8, 4) is 11.5 Å². The fourth-order valence-corrected chi connectivity index (χ4v) is 3.10. The molecule has 27 heavy (non-hydrogen) atoms. The van der Waals surface area contributed by atoms with E-state index in [0.717, 1.165) is 12.2 Å². The van der Waals surface area contributed by atoms with E-state index in [-0.39, 0.29) is 11.7 Å². The van der Waals surface area contributed by atoms with E-state index in [4.69, 9.17) is 9.47 Å². The molecule has 7 heteroatoms. The van der Waals surface area contributed by atoms with Crippen LogP contribution in [0.1, 0.15) is 22.8 Å². The Morgan fingerprint density at radius 2 is 1.81 bits per heavy atom. The Morgan fingerprint density at radius 1 is 1.04 bits per heavy atom. The summed E-state index contributed by atoms with van der Waals surface area (Å²) in [4.78, 5) is 24.0. The van der Waals surface area contributed by atoms with E-state index in [1.807, 2.05) is 25.1 Å². The van der Waals surface area contributed by atoms with Gasteiger partial charge in [-0.25, -0.2) is 0 Å².